The van der Waals surface area contributed by atoms with Crippen LogP contribution in [0.3, 0.4) is 0 Å². The summed E-state index contributed by atoms with van der Waals surface area (Å²) in [5, 5.41) is 10.8. The molecule has 0 atom stereocenters. The molecule has 0 heterocycles. The van der Waals surface area contributed by atoms with Gasteiger partial charge in [-0.2, -0.15) is 0 Å². The second-order valence-corrected chi connectivity index (χ2v) is 5.49. The minimum atomic E-state index is -0.862. The predicted molar refractivity (Wildman–Crippen MR) is 81.9 cm³/mol. The lowest BCUT2D eigenvalue weighted by atomic mass is 9.78. The molecule has 2 rings (SSSR count). The first kappa shape index (κ1) is 16.6. The minimum Gasteiger partial charge on any atom is -0.494 e. The molecule has 0 aliphatic heterocycles. The number of benzene rings is 1. The van der Waals surface area contributed by atoms with Crippen LogP contribution in [-0.4, -0.2) is 30.6 Å². The smallest absolute Gasteiger partial charge is 0.494 e. The quantitative estimate of drug-likeness (QED) is 0.845. The number of carbonyl (C=O) groups is 1. The maximum absolute atomic E-state index is 11.3. The van der Waals surface area contributed by atoms with E-state index < -0.39 is 11.8 Å². The molecule has 0 saturated heterocycles. The zero-order valence-electron chi connectivity index (χ0n) is 13.2. The Morgan fingerprint density at radius 3 is 2.36 bits per heavy atom. The van der Waals surface area contributed by atoms with Crippen LogP contribution in [0.4, 0.5) is 4.79 Å². The first-order valence-electron chi connectivity index (χ1n) is 7.86. The molecular weight excluding hydrogens is 284 g/mol. The second-order valence-electron chi connectivity index (χ2n) is 5.49. The Bertz CT molecular complexity index is 474. The molecule has 0 radical (unpaired) electrons. The second kappa shape index (κ2) is 7.49. The van der Waals surface area contributed by atoms with E-state index in [2.05, 4.69) is 0 Å². The van der Waals surface area contributed by atoms with E-state index in [1.54, 1.807) is 6.92 Å². The van der Waals surface area contributed by atoms with E-state index in [0.29, 0.717) is 38.9 Å². The summed E-state index contributed by atoms with van der Waals surface area (Å²) in [6.07, 6.45) is 1.57. The van der Waals surface area contributed by atoms with Crippen molar-refractivity contribution in [2.75, 3.05) is 13.2 Å². The van der Waals surface area contributed by atoms with Gasteiger partial charge in [-0.05, 0) is 57.2 Å². The number of hydrogen-bond donors (Lipinski definition) is 1. The van der Waals surface area contributed by atoms with E-state index in [9.17, 15) is 9.90 Å². The van der Waals surface area contributed by atoms with Crippen LogP contribution in [0.2, 0.25) is 0 Å². The maximum atomic E-state index is 11.3. The van der Waals surface area contributed by atoms with E-state index in [4.69, 9.17) is 14.2 Å². The molecule has 1 fully saturated rings. The van der Waals surface area contributed by atoms with Crippen molar-refractivity contribution in [1.29, 1.82) is 0 Å². The van der Waals surface area contributed by atoms with Gasteiger partial charge in [-0.1, -0.05) is 12.1 Å². The van der Waals surface area contributed by atoms with Gasteiger partial charge in [0.25, 0.3) is 0 Å². The SMILES string of the molecule is CCOC(=O)OC1CCC(O)(c2ccc(OCC)cc2)CC1. The molecule has 5 nitrogen and oxygen atoms in total. The molecular formula is C17H24O5. The monoisotopic (exact) mass is 308 g/mol. The summed E-state index contributed by atoms with van der Waals surface area (Å²) in [5.74, 6) is 0.800. The van der Waals surface area contributed by atoms with Gasteiger partial charge in [0.2, 0.25) is 0 Å². The molecule has 1 aliphatic carbocycles. The zero-order valence-corrected chi connectivity index (χ0v) is 13.2. The summed E-state index contributed by atoms with van der Waals surface area (Å²) < 4.78 is 15.4. The number of aliphatic hydroxyl groups is 1. The Morgan fingerprint density at radius 1 is 1.18 bits per heavy atom. The fourth-order valence-electron chi connectivity index (χ4n) is 2.79. The lowest BCUT2D eigenvalue weighted by molar-refractivity contribution is -0.0531. The van der Waals surface area contributed by atoms with E-state index in [-0.39, 0.29) is 6.10 Å². The zero-order chi connectivity index (χ0) is 16.0. The van der Waals surface area contributed by atoms with Crippen LogP contribution in [0.1, 0.15) is 45.1 Å². The Morgan fingerprint density at radius 2 is 1.82 bits per heavy atom. The van der Waals surface area contributed by atoms with Crippen LogP contribution in [0, 0.1) is 0 Å². The standard InChI is InChI=1S/C17H24O5/c1-3-20-14-7-5-13(6-8-14)17(19)11-9-15(10-12-17)22-16(18)21-4-2/h5-8,15,19H,3-4,9-12H2,1-2H3. The lowest BCUT2D eigenvalue weighted by Gasteiger charge is -2.36. The Kier molecular flexibility index (Phi) is 5.66. The summed E-state index contributed by atoms with van der Waals surface area (Å²) in [4.78, 5) is 11.3. The van der Waals surface area contributed by atoms with E-state index >= 15 is 0 Å². The van der Waals surface area contributed by atoms with Crippen molar-refractivity contribution in [1.82, 2.24) is 0 Å². The fraction of sp³-hybridized carbons (Fsp3) is 0.588. The van der Waals surface area contributed by atoms with Gasteiger partial charge >= 0.3 is 6.16 Å². The normalized spacial score (nSPS) is 24.6. The molecule has 0 spiro atoms. The first-order chi connectivity index (χ1) is 10.6. The van der Waals surface area contributed by atoms with Gasteiger partial charge in [-0.3, -0.25) is 0 Å². The van der Waals surface area contributed by atoms with E-state index in [0.717, 1.165) is 11.3 Å². The largest absolute Gasteiger partial charge is 0.508 e. The molecule has 1 aliphatic rings. The maximum Gasteiger partial charge on any atom is 0.508 e. The molecule has 1 saturated carbocycles. The average molecular weight is 308 g/mol. The highest BCUT2D eigenvalue weighted by Crippen LogP contribution is 2.38. The van der Waals surface area contributed by atoms with Crippen LogP contribution in [-0.2, 0) is 15.1 Å². The molecule has 0 amide bonds. The molecule has 1 N–H and O–H groups in total. The number of rotatable bonds is 5. The molecule has 122 valence electrons. The van der Waals surface area contributed by atoms with Gasteiger partial charge in [-0.15, -0.1) is 0 Å². The van der Waals surface area contributed by atoms with Crippen molar-refractivity contribution in [3.8, 4) is 5.75 Å². The molecule has 1 aromatic rings. The summed E-state index contributed by atoms with van der Waals surface area (Å²) in [5.41, 5.74) is 0.0183. The Hall–Kier alpha value is -1.75. The van der Waals surface area contributed by atoms with Crippen molar-refractivity contribution in [2.24, 2.45) is 0 Å². The highest BCUT2D eigenvalue weighted by atomic mass is 16.7. The average Bonchev–Trinajstić information content (AvgIpc) is 2.51. The van der Waals surface area contributed by atoms with Crippen LogP contribution in [0.5, 0.6) is 5.75 Å². The summed E-state index contributed by atoms with van der Waals surface area (Å²) in [6, 6.07) is 7.55. The highest BCUT2D eigenvalue weighted by molar-refractivity contribution is 5.60. The summed E-state index contributed by atoms with van der Waals surface area (Å²) in [7, 11) is 0. The third-order valence-corrected chi connectivity index (χ3v) is 3.99. The fourth-order valence-corrected chi connectivity index (χ4v) is 2.79. The van der Waals surface area contributed by atoms with Crippen LogP contribution < -0.4 is 4.74 Å². The Labute approximate surface area is 131 Å². The molecule has 0 bridgehead atoms. The van der Waals surface area contributed by atoms with Crippen molar-refractivity contribution in [3.63, 3.8) is 0 Å². The third kappa shape index (κ3) is 4.13. The van der Waals surface area contributed by atoms with Crippen molar-refractivity contribution >= 4 is 6.16 Å². The molecule has 22 heavy (non-hydrogen) atoms. The van der Waals surface area contributed by atoms with E-state index in [1.807, 2.05) is 31.2 Å². The topological polar surface area (TPSA) is 65.0 Å². The van der Waals surface area contributed by atoms with Gasteiger partial charge in [0, 0.05) is 0 Å². The first-order valence-corrected chi connectivity index (χ1v) is 7.86. The van der Waals surface area contributed by atoms with Gasteiger partial charge in [0.1, 0.15) is 11.9 Å². The third-order valence-electron chi connectivity index (χ3n) is 3.99. The van der Waals surface area contributed by atoms with Crippen molar-refractivity contribution < 1.29 is 24.1 Å². The number of carbonyl (C=O) groups excluding carboxylic acids is 1. The van der Waals surface area contributed by atoms with Crippen molar-refractivity contribution in [2.45, 2.75) is 51.2 Å². The van der Waals surface area contributed by atoms with Crippen molar-refractivity contribution in [3.05, 3.63) is 29.8 Å². The molecule has 0 aromatic heterocycles. The van der Waals surface area contributed by atoms with Gasteiger partial charge < -0.3 is 19.3 Å². The molecule has 1 aromatic carbocycles. The van der Waals surface area contributed by atoms with Crippen LogP contribution >= 0.6 is 0 Å². The predicted octanol–water partition coefficient (Wildman–Crippen LogP) is 3.39. The summed E-state index contributed by atoms with van der Waals surface area (Å²) in [6.45, 7) is 4.61. The molecule has 0 unspecified atom stereocenters. The van der Waals surface area contributed by atoms with Crippen LogP contribution in [0.25, 0.3) is 0 Å². The summed E-state index contributed by atoms with van der Waals surface area (Å²) >= 11 is 0. The van der Waals surface area contributed by atoms with Gasteiger partial charge in [0.05, 0.1) is 18.8 Å². The highest BCUT2D eigenvalue weighted by Gasteiger charge is 2.36. The number of hydrogen-bond acceptors (Lipinski definition) is 5. The Balaban J connectivity index is 1.92. The number of ether oxygens (including phenoxy) is 3. The molecule has 5 heteroatoms. The van der Waals surface area contributed by atoms with Gasteiger partial charge in [-0.25, -0.2) is 4.79 Å². The lowest BCUT2D eigenvalue weighted by Crippen LogP contribution is -2.35. The van der Waals surface area contributed by atoms with E-state index in [1.165, 1.54) is 0 Å². The van der Waals surface area contributed by atoms with Crippen LogP contribution in [0.15, 0.2) is 24.3 Å². The van der Waals surface area contributed by atoms with Gasteiger partial charge in [0.15, 0.2) is 0 Å². The minimum absolute atomic E-state index is 0.179.